The number of nitrogens with zero attached hydrogens (tertiary/aromatic N) is 2. The number of amides is 2. The first-order chi connectivity index (χ1) is 12.5. The van der Waals surface area contributed by atoms with Crippen molar-refractivity contribution in [3.05, 3.63) is 35.4 Å². The van der Waals surface area contributed by atoms with Crippen molar-refractivity contribution in [3.8, 4) is 0 Å². The highest BCUT2D eigenvalue weighted by atomic mass is 35.5. The zero-order chi connectivity index (χ0) is 18.7. The van der Waals surface area contributed by atoms with E-state index < -0.39 is 0 Å². The predicted octanol–water partition coefficient (Wildman–Crippen LogP) is 2.94. The van der Waals surface area contributed by atoms with Gasteiger partial charge in [0, 0.05) is 39.3 Å². The third-order valence-electron chi connectivity index (χ3n) is 6.11. The molecule has 2 atom stereocenters. The Labute approximate surface area is 168 Å². The maximum Gasteiger partial charge on any atom is 0.253 e. The van der Waals surface area contributed by atoms with Crippen LogP contribution in [0.5, 0.6) is 0 Å². The lowest BCUT2D eigenvalue weighted by atomic mass is 9.67. The summed E-state index contributed by atoms with van der Waals surface area (Å²) in [5, 5.41) is 3.47. The second-order valence-corrected chi connectivity index (χ2v) is 7.95. The number of halogens is 1. The molecular formula is C21H32ClN3O2. The fraction of sp³-hybridized carbons (Fsp3) is 0.619. The van der Waals surface area contributed by atoms with Gasteiger partial charge in [0.25, 0.3) is 5.91 Å². The Morgan fingerprint density at radius 3 is 2.52 bits per heavy atom. The molecule has 0 bridgehead atoms. The van der Waals surface area contributed by atoms with Crippen LogP contribution in [-0.4, -0.2) is 55.3 Å². The van der Waals surface area contributed by atoms with E-state index in [0.717, 1.165) is 37.9 Å². The molecule has 0 radical (unpaired) electrons. The van der Waals surface area contributed by atoms with Crippen LogP contribution >= 0.6 is 12.4 Å². The standard InChI is InChI=1S/C21H31N3O2.ClH/c1-4-24(14-16-8-10-17(11-9-16)19(25)23(2)3)20(26)21-12-6-5-7-18(21)13-22-15-21;/h8-11,18,22H,4-7,12-15H2,1-3H3;1H/t18-,21+;/m0./s1. The Morgan fingerprint density at radius 1 is 1.19 bits per heavy atom. The molecule has 1 N–H and O–H groups in total. The molecule has 6 heteroatoms. The molecule has 1 saturated carbocycles. The average Bonchev–Trinajstić information content (AvgIpc) is 3.10. The molecule has 0 spiro atoms. The molecule has 3 rings (SSSR count). The molecular weight excluding hydrogens is 362 g/mol. The topological polar surface area (TPSA) is 52.7 Å². The van der Waals surface area contributed by atoms with Gasteiger partial charge in [-0.3, -0.25) is 9.59 Å². The maximum atomic E-state index is 13.4. The molecule has 2 aliphatic rings. The number of nitrogens with one attached hydrogen (secondary N) is 1. The molecule has 1 aliphatic heterocycles. The second kappa shape index (κ2) is 9.07. The molecule has 150 valence electrons. The number of hydrogen-bond donors (Lipinski definition) is 1. The number of hydrogen-bond acceptors (Lipinski definition) is 3. The van der Waals surface area contributed by atoms with Crippen LogP contribution in [0.25, 0.3) is 0 Å². The van der Waals surface area contributed by atoms with Crippen molar-refractivity contribution in [1.29, 1.82) is 0 Å². The quantitative estimate of drug-likeness (QED) is 0.836. The summed E-state index contributed by atoms with van der Waals surface area (Å²) < 4.78 is 0. The van der Waals surface area contributed by atoms with Gasteiger partial charge in [-0.25, -0.2) is 0 Å². The van der Waals surface area contributed by atoms with E-state index in [2.05, 4.69) is 12.2 Å². The average molecular weight is 394 g/mol. The normalized spacial score (nSPS) is 23.9. The van der Waals surface area contributed by atoms with Gasteiger partial charge in [0.2, 0.25) is 5.91 Å². The number of benzene rings is 1. The van der Waals surface area contributed by atoms with E-state index >= 15 is 0 Å². The van der Waals surface area contributed by atoms with Crippen LogP contribution in [0.4, 0.5) is 0 Å². The summed E-state index contributed by atoms with van der Waals surface area (Å²) in [6, 6.07) is 7.65. The number of carbonyl (C=O) groups is 2. The minimum absolute atomic E-state index is 0. The Hall–Kier alpha value is -1.59. The van der Waals surface area contributed by atoms with Gasteiger partial charge in [-0.2, -0.15) is 0 Å². The van der Waals surface area contributed by atoms with Crippen molar-refractivity contribution in [2.75, 3.05) is 33.7 Å². The van der Waals surface area contributed by atoms with Crippen LogP contribution < -0.4 is 5.32 Å². The Balaban J connectivity index is 0.00000261. The fourth-order valence-corrected chi connectivity index (χ4v) is 4.54. The molecule has 1 saturated heterocycles. The first-order valence-electron chi connectivity index (χ1n) is 9.78. The molecule has 5 nitrogen and oxygen atoms in total. The lowest BCUT2D eigenvalue weighted by molar-refractivity contribution is -0.145. The largest absolute Gasteiger partial charge is 0.345 e. The lowest BCUT2D eigenvalue weighted by Gasteiger charge is -2.40. The van der Waals surface area contributed by atoms with Gasteiger partial charge in [-0.15, -0.1) is 12.4 Å². The maximum absolute atomic E-state index is 13.4. The van der Waals surface area contributed by atoms with Crippen LogP contribution in [0, 0.1) is 11.3 Å². The van der Waals surface area contributed by atoms with E-state index in [-0.39, 0.29) is 23.7 Å². The second-order valence-electron chi connectivity index (χ2n) is 7.95. The van der Waals surface area contributed by atoms with E-state index in [4.69, 9.17) is 0 Å². The molecule has 0 aromatic heterocycles. The minimum Gasteiger partial charge on any atom is -0.345 e. The third-order valence-corrected chi connectivity index (χ3v) is 6.11. The van der Waals surface area contributed by atoms with E-state index in [1.54, 1.807) is 19.0 Å². The van der Waals surface area contributed by atoms with Crippen LogP contribution in [0.1, 0.15) is 48.5 Å². The van der Waals surface area contributed by atoms with Gasteiger partial charge in [0.05, 0.1) is 5.41 Å². The van der Waals surface area contributed by atoms with E-state index in [9.17, 15) is 9.59 Å². The molecule has 27 heavy (non-hydrogen) atoms. The van der Waals surface area contributed by atoms with Crippen LogP contribution in [0.15, 0.2) is 24.3 Å². The Morgan fingerprint density at radius 2 is 1.89 bits per heavy atom. The molecule has 2 fully saturated rings. The fourth-order valence-electron chi connectivity index (χ4n) is 4.54. The van der Waals surface area contributed by atoms with Crippen molar-refractivity contribution in [2.45, 2.75) is 39.2 Å². The van der Waals surface area contributed by atoms with Gasteiger partial charge >= 0.3 is 0 Å². The van der Waals surface area contributed by atoms with Gasteiger partial charge < -0.3 is 15.1 Å². The zero-order valence-electron chi connectivity index (χ0n) is 16.7. The molecule has 2 amide bonds. The summed E-state index contributed by atoms with van der Waals surface area (Å²) in [5.41, 5.74) is 1.55. The first kappa shape index (κ1) is 21.7. The van der Waals surface area contributed by atoms with Crippen molar-refractivity contribution < 1.29 is 9.59 Å². The smallest absolute Gasteiger partial charge is 0.253 e. The van der Waals surface area contributed by atoms with Crippen LogP contribution in [0.3, 0.4) is 0 Å². The van der Waals surface area contributed by atoms with Crippen molar-refractivity contribution in [1.82, 2.24) is 15.1 Å². The summed E-state index contributed by atoms with van der Waals surface area (Å²) in [7, 11) is 3.51. The van der Waals surface area contributed by atoms with E-state index in [0.29, 0.717) is 30.5 Å². The number of carbonyl (C=O) groups excluding carboxylic acids is 2. The van der Waals surface area contributed by atoms with E-state index in [1.807, 2.05) is 29.2 Å². The summed E-state index contributed by atoms with van der Waals surface area (Å²) >= 11 is 0. The first-order valence-corrected chi connectivity index (χ1v) is 9.78. The molecule has 1 aliphatic carbocycles. The lowest BCUT2D eigenvalue weighted by Crippen LogP contribution is -2.49. The van der Waals surface area contributed by atoms with Gasteiger partial charge in [0.15, 0.2) is 0 Å². The minimum atomic E-state index is -0.199. The van der Waals surface area contributed by atoms with Gasteiger partial charge in [-0.05, 0) is 49.9 Å². The zero-order valence-corrected chi connectivity index (χ0v) is 17.5. The summed E-state index contributed by atoms with van der Waals surface area (Å²) in [4.78, 5) is 29.0. The Kier molecular flexibility index (Phi) is 7.29. The highest BCUT2D eigenvalue weighted by Gasteiger charge is 2.51. The number of fused-ring (bicyclic) bond motifs is 1. The Bertz CT molecular complexity index is 662. The van der Waals surface area contributed by atoms with Crippen LogP contribution in [0.2, 0.25) is 0 Å². The third kappa shape index (κ3) is 4.30. The highest BCUT2D eigenvalue weighted by Crippen LogP contribution is 2.45. The molecule has 1 heterocycles. The van der Waals surface area contributed by atoms with Gasteiger partial charge in [-0.1, -0.05) is 25.0 Å². The number of rotatable bonds is 5. The SMILES string of the molecule is CCN(Cc1ccc(C(=O)N(C)C)cc1)C(=O)[C@@]12CCCC[C@H]1CNC2.Cl. The summed E-state index contributed by atoms with van der Waals surface area (Å²) in [6.07, 6.45) is 4.57. The van der Waals surface area contributed by atoms with Crippen molar-refractivity contribution in [3.63, 3.8) is 0 Å². The monoisotopic (exact) mass is 393 g/mol. The summed E-state index contributed by atoms with van der Waals surface area (Å²) in [5.74, 6) is 0.793. The van der Waals surface area contributed by atoms with Crippen molar-refractivity contribution in [2.24, 2.45) is 11.3 Å². The van der Waals surface area contributed by atoms with Gasteiger partial charge in [0.1, 0.15) is 0 Å². The highest BCUT2D eigenvalue weighted by molar-refractivity contribution is 5.93. The summed E-state index contributed by atoms with van der Waals surface area (Å²) in [6.45, 7) is 5.18. The predicted molar refractivity (Wildman–Crippen MR) is 110 cm³/mol. The van der Waals surface area contributed by atoms with E-state index in [1.165, 1.54) is 6.42 Å². The molecule has 1 aromatic rings. The van der Waals surface area contributed by atoms with Crippen molar-refractivity contribution >= 4 is 24.2 Å². The molecule has 0 unspecified atom stereocenters. The molecule has 1 aromatic carbocycles. The van der Waals surface area contributed by atoms with Crippen LogP contribution in [-0.2, 0) is 11.3 Å².